The van der Waals surface area contributed by atoms with Crippen LogP contribution in [0.15, 0.2) is 59.7 Å². The number of aryl methyl sites for hydroxylation is 1. The number of benzene rings is 2. The third kappa shape index (κ3) is 4.78. The lowest BCUT2D eigenvalue weighted by atomic mass is 10.0. The molecule has 2 aromatic carbocycles. The second-order valence-electron chi connectivity index (χ2n) is 5.38. The van der Waals surface area contributed by atoms with E-state index in [0.717, 1.165) is 17.5 Å². The lowest BCUT2D eigenvalue weighted by molar-refractivity contribution is -0.136. The largest absolute Gasteiger partial charge is 0.329 e. The van der Waals surface area contributed by atoms with Crippen LogP contribution in [0.3, 0.4) is 0 Å². The van der Waals surface area contributed by atoms with Crippen LogP contribution in [-0.4, -0.2) is 18.0 Å². The van der Waals surface area contributed by atoms with E-state index in [1.165, 1.54) is 0 Å². The zero-order chi connectivity index (χ0) is 17.4. The number of nitrogens with one attached hydrogen (secondary N) is 2. The first-order chi connectivity index (χ1) is 11.6. The van der Waals surface area contributed by atoms with Gasteiger partial charge in [-0.25, -0.2) is 5.43 Å². The molecule has 1 unspecified atom stereocenters. The van der Waals surface area contributed by atoms with Crippen LogP contribution >= 0.6 is 0 Å². The van der Waals surface area contributed by atoms with Crippen molar-refractivity contribution in [3.05, 3.63) is 65.7 Å². The molecule has 0 saturated heterocycles. The zero-order valence-electron chi connectivity index (χ0n) is 13.8. The first-order valence-corrected chi connectivity index (χ1v) is 7.89. The van der Waals surface area contributed by atoms with Crippen LogP contribution in [-0.2, 0) is 16.0 Å². The predicted octanol–water partition coefficient (Wildman–Crippen LogP) is 3.09. The lowest BCUT2D eigenvalue weighted by Gasteiger charge is -2.09. The van der Waals surface area contributed by atoms with Crippen molar-refractivity contribution in [2.24, 2.45) is 5.10 Å². The van der Waals surface area contributed by atoms with E-state index in [-0.39, 0.29) is 5.92 Å². The highest BCUT2D eigenvalue weighted by atomic mass is 16.2. The summed E-state index contributed by atoms with van der Waals surface area (Å²) in [6, 6.07) is 17.2. The Labute approximate surface area is 141 Å². The molecule has 0 fully saturated rings. The average Bonchev–Trinajstić information content (AvgIpc) is 2.62. The van der Waals surface area contributed by atoms with Gasteiger partial charge in [-0.05, 0) is 23.6 Å². The number of para-hydroxylation sites is 1. The Bertz CT molecular complexity index is 726. The zero-order valence-corrected chi connectivity index (χ0v) is 13.8. The summed E-state index contributed by atoms with van der Waals surface area (Å²) in [6.07, 6.45) is 2.37. The van der Waals surface area contributed by atoms with Gasteiger partial charge < -0.3 is 5.32 Å². The number of rotatable bonds is 5. The van der Waals surface area contributed by atoms with Crippen molar-refractivity contribution >= 4 is 23.7 Å². The fourth-order valence-electron chi connectivity index (χ4n) is 2.23. The Balaban J connectivity index is 1.90. The molecule has 2 aromatic rings. The summed E-state index contributed by atoms with van der Waals surface area (Å²) in [5.41, 5.74) is 4.95. The summed E-state index contributed by atoms with van der Waals surface area (Å²) in [6.45, 7) is 3.95. The first-order valence-electron chi connectivity index (χ1n) is 7.89. The Hall–Kier alpha value is -2.95. The molecule has 1 atom stereocenters. The molecule has 0 aromatic heterocycles. The molecule has 0 heterocycles. The molecule has 0 saturated carbocycles. The van der Waals surface area contributed by atoms with E-state index in [4.69, 9.17) is 0 Å². The molecule has 5 heteroatoms. The van der Waals surface area contributed by atoms with Gasteiger partial charge in [0.15, 0.2) is 0 Å². The minimum absolute atomic E-state index is 0.0374. The Morgan fingerprint density at radius 2 is 1.71 bits per heavy atom. The number of carbonyl (C=O) groups excluding carboxylic acids is 2. The monoisotopic (exact) mass is 323 g/mol. The highest BCUT2D eigenvalue weighted by Crippen LogP contribution is 2.15. The predicted molar refractivity (Wildman–Crippen MR) is 95.9 cm³/mol. The minimum Gasteiger partial charge on any atom is -0.317 e. The van der Waals surface area contributed by atoms with Crippen molar-refractivity contribution in [1.29, 1.82) is 0 Å². The molecule has 0 spiro atoms. The smallest absolute Gasteiger partial charge is 0.317 e. The number of anilines is 1. The third-order valence-electron chi connectivity index (χ3n) is 3.64. The highest BCUT2D eigenvalue weighted by Gasteiger charge is 2.14. The van der Waals surface area contributed by atoms with Crippen molar-refractivity contribution in [2.75, 3.05) is 5.32 Å². The van der Waals surface area contributed by atoms with Crippen LogP contribution in [0.5, 0.6) is 0 Å². The number of carbonyl (C=O) groups is 2. The summed E-state index contributed by atoms with van der Waals surface area (Å²) >= 11 is 0. The number of nitrogens with zero attached hydrogens (tertiary/aromatic N) is 1. The molecule has 2 amide bonds. The molecule has 2 rings (SSSR count). The maximum atomic E-state index is 11.9. The summed E-state index contributed by atoms with van der Waals surface area (Å²) < 4.78 is 0. The number of amides is 2. The van der Waals surface area contributed by atoms with Crippen molar-refractivity contribution in [1.82, 2.24) is 5.43 Å². The van der Waals surface area contributed by atoms with Gasteiger partial charge in [0.2, 0.25) is 0 Å². The molecule has 124 valence electrons. The van der Waals surface area contributed by atoms with Crippen molar-refractivity contribution in [3.8, 4) is 0 Å². The number of hydrogen-bond donors (Lipinski definition) is 2. The van der Waals surface area contributed by atoms with E-state index in [0.29, 0.717) is 5.69 Å². The standard InChI is InChI=1S/C19H21N3O2/c1-3-15-9-7-8-12-17(15)21-18(23)19(24)22-20-13-14(2)16-10-5-4-6-11-16/h4-14H,3H2,1-2H3,(H,21,23)(H,22,24)/b20-13+. The maximum Gasteiger partial charge on any atom is 0.329 e. The van der Waals surface area contributed by atoms with E-state index in [9.17, 15) is 9.59 Å². The van der Waals surface area contributed by atoms with Gasteiger partial charge in [-0.1, -0.05) is 62.4 Å². The van der Waals surface area contributed by atoms with E-state index < -0.39 is 11.8 Å². The molecule has 24 heavy (non-hydrogen) atoms. The van der Waals surface area contributed by atoms with Gasteiger partial charge >= 0.3 is 11.8 Å². The van der Waals surface area contributed by atoms with Gasteiger partial charge in [-0.15, -0.1) is 0 Å². The molecule has 5 nitrogen and oxygen atoms in total. The molecule has 2 N–H and O–H groups in total. The average molecular weight is 323 g/mol. The van der Waals surface area contributed by atoms with E-state index in [1.54, 1.807) is 12.3 Å². The third-order valence-corrected chi connectivity index (χ3v) is 3.64. The van der Waals surface area contributed by atoms with Crippen LogP contribution in [0.4, 0.5) is 5.69 Å². The van der Waals surface area contributed by atoms with Crippen LogP contribution in [0.25, 0.3) is 0 Å². The molecular weight excluding hydrogens is 302 g/mol. The Morgan fingerprint density at radius 3 is 2.42 bits per heavy atom. The van der Waals surface area contributed by atoms with Gasteiger partial charge in [0.05, 0.1) is 0 Å². The van der Waals surface area contributed by atoms with Crippen LogP contribution in [0.2, 0.25) is 0 Å². The second kappa shape index (κ2) is 8.62. The summed E-state index contributed by atoms with van der Waals surface area (Å²) in [4.78, 5) is 23.8. The minimum atomic E-state index is -0.794. The molecule has 0 aliphatic heterocycles. The summed E-state index contributed by atoms with van der Waals surface area (Å²) in [5, 5.41) is 6.47. The summed E-state index contributed by atoms with van der Waals surface area (Å²) in [7, 11) is 0. The number of hydrazone groups is 1. The van der Waals surface area contributed by atoms with Gasteiger partial charge in [0.25, 0.3) is 0 Å². The highest BCUT2D eigenvalue weighted by molar-refractivity contribution is 6.39. The van der Waals surface area contributed by atoms with Crippen LogP contribution < -0.4 is 10.7 Å². The van der Waals surface area contributed by atoms with Crippen molar-refractivity contribution in [2.45, 2.75) is 26.2 Å². The van der Waals surface area contributed by atoms with Crippen LogP contribution in [0.1, 0.15) is 30.9 Å². The van der Waals surface area contributed by atoms with E-state index in [1.807, 2.05) is 62.4 Å². The quantitative estimate of drug-likeness (QED) is 0.504. The van der Waals surface area contributed by atoms with E-state index >= 15 is 0 Å². The fourth-order valence-corrected chi connectivity index (χ4v) is 2.23. The lowest BCUT2D eigenvalue weighted by Crippen LogP contribution is -2.32. The fraction of sp³-hybridized carbons (Fsp3) is 0.211. The SMILES string of the molecule is CCc1ccccc1NC(=O)C(=O)N/N=C/C(C)c1ccccc1. The second-order valence-corrected chi connectivity index (χ2v) is 5.38. The van der Waals surface area contributed by atoms with Gasteiger partial charge in [-0.2, -0.15) is 5.10 Å². The van der Waals surface area contributed by atoms with Gasteiger partial charge in [0, 0.05) is 17.8 Å². The summed E-state index contributed by atoms with van der Waals surface area (Å²) in [5.74, 6) is -1.49. The number of hydrogen-bond acceptors (Lipinski definition) is 3. The normalized spacial score (nSPS) is 11.9. The molecule has 0 aliphatic rings. The molecular formula is C19H21N3O2. The Kier molecular flexibility index (Phi) is 6.25. The van der Waals surface area contributed by atoms with Gasteiger partial charge in [-0.3, -0.25) is 9.59 Å². The molecule has 0 bridgehead atoms. The topological polar surface area (TPSA) is 70.6 Å². The van der Waals surface area contributed by atoms with E-state index in [2.05, 4.69) is 15.8 Å². The molecule has 0 aliphatic carbocycles. The van der Waals surface area contributed by atoms with Crippen molar-refractivity contribution in [3.63, 3.8) is 0 Å². The maximum absolute atomic E-state index is 11.9. The van der Waals surface area contributed by atoms with Gasteiger partial charge in [0.1, 0.15) is 0 Å². The first kappa shape index (κ1) is 17.4. The Morgan fingerprint density at radius 1 is 1.04 bits per heavy atom. The van der Waals surface area contributed by atoms with Crippen molar-refractivity contribution < 1.29 is 9.59 Å². The molecule has 0 radical (unpaired) electrons. The van der Waals surface area contributed by atoms with Crippen LogP contribution in [0, 0.1) is 0 Å².